The van der Waals surface area contributed by atoms with Crippen molar-refractivity contribution in [3.8, 4) is 0 Å². The molecule has 8 heteroatoms. The lowest BCUT2D eigenvalue weighted by atomic mass is 9.90. The standard InChI is InChI=1S/C25H31ClN2O5/c1-15(10-16(2)27-14-22(29)18-6-5-7-20(26)12-18)17-8-9-21-19(11-17)13-25(28-21,23(30)32-3)24(31)33-4/h5-9,11-12,15-16,22,27-29H,10,13-14H2,1-4H3/t15?,16?,22-/m0/s1. The van der Waals surface area contributed by atoms with Gasteiger partial charge in [-0.1, -0.05) is 42.8 Å². The van der Waals surface area contributed by atoms with Crippen molar-refractivity contribution in [1.82, 2.24) is 5.32 Å². The molecule has 2 aromatic carbocycles. The number of fused-ring (bicyclic) bond motifs is 1. The molecule has 3 atom stereocenters. The van der Waals surface area contributed by atoms with Gasteiger partial charge in [0.2, 0.25) is 5.54 Å². The van der Waals surface area contributed by atoms with Gasteiger partial charge in [0.1, 0.15) is 0 Å². The van der Waals surface area contributed by atoms with Gasteiger partial charge in [0.05, 0.1) is 20.3 Å². The minimum Gasteiger partial charge on any atom is -0.467 e. The number of carbonyl (C=O) groups excluding carboxylic acids is 2. The Hall–Kier alpha value is -2.61. The van der Waals surface area contributed by atoms with Gasteiger partial charge >= 0.3 is 11.9 Å². The van der Waals surface area contributed by atoms with Crippen LogP contribution in [0.2, 0.25) is 5.02 Å². The highest BCUT2D eigenvalue weighted by Gasteiger charge is 2.52. The third-order valence-corrected chi connectivity index (χ3v) is 6.41. The Balaban J connectivity index is 1.62. The van der Waals surface area contributed by atoms with E-state index >= 15 is 0 Å². The van der Waals surface area contributed by atoms with Crippen molar-refractivity contribution >= 4 is 29.2 Å². The average Bonchev–Trinajstić information content (AvgIpc) is 3.21. The van der Waals surface area contributed by atoms with Crippen LogP contribution in [0, 0.1) is 0 Å². The van der Waals surface area contributed by atoms with Crippen molar-refractivity contribution < 1.29 is 24.2 Å². The van der Waals surface area contributed by atoms with Crippen LogP contribution < -0.4 is 10.6 Å². The Morgan fingerprint density at radius 3 is 2.45 bits per heavy atom. The zero-order chi connectivity index (χ0) is 24.2. The third-order valence-electron chi connectivity index (χ3n) is 6.17. The summed E-state index contributed by atoms with van der Waals surface area (Å²) in [6.45, 7) is 4.63. The Bertz CT molecular complexity index is 996. The first-order valence-electron chi connectivity index (χ1n) is 10.9. The van der Waals surface area contributed by atoms with Crippen LogP contribution in [0.1, 0.15) is 49.0 Å². The molecule has 178 valence electrons. The summed E-state index contributed by atoms with van der Waals surface area (Å²) in [5.74, 6) is -1.13. The van der Waals surface area contributed by atoms with E-state index in [4.69, 9.17) is 21.1 Å². The van der Waals surface area contributed by atoms with E-state index in [0.29, 0.717) is 11.6 Å². The first-order chi connectivity index (χ1) is 15.7. The lowest BCUT2D eigenvalue weighted by molar-refractivity contribution is -0.159. The molecule has 2 aromatic rings. The number of aliphatic hydroxyl groups excluding tert-OH is 1. The Morgan fingerprint density at radius 1 is 1.12 bits per heavy atom. The van der Waals surface area contributed by atoms with Crippen LogP contribution in [-0.2, 0) is 25.5 Å². The largest absolute Gasteiger partial charge is 0.467 e. The second kappa shape index (κ2) is 10.5. The van der Waals surface area contributed by atoms with Crippen LogP contribution in [0.3, 0.4) is 0 Å². The number of nitrogens with one attached hydrogen (secondary N) is 2. The molecular formula is C25H31ClN2O5. The van der Waals surface area contributed by atoms with Crippen LogP contribution in [0.4, 0.5) is 5.69 Å². The molecule has 33 heavy (non-hydrogen) atoms. The number of benzene rings is 2. The first kappa shape index (κ1) is 25.0. The minimum absolute atomic E-state index is 0.157. The summed E-state index contributed by atoms with van der Waals surface area (Å²) >= 11 is 6.01. The SMILES string of the molecule is COC(=O)C1(C(=O)OC)Cc2cc(C(C)CC(C)NC[C@H](O)c3cccc(Cl)c3)ccc2N1. The van der Waals surface area contributed by atoms with Crippen LogP contribution in [0.15, 0.2) is 42.5 Å². The smallest absolute Gasteiger partial charge is 0.343 e. The van der Waals surface area contributed by atoms with Crippen molar-refractivity contribution in [1.29, 1.82) is 0 Å². The number of hydrogen-bond acceptors (Lipinski definition) is 7. The summed E-state index contributed by atoms with van der Waals surface area (Å²) in [6.07, 6.45) is 0.368. The van der Waals surface area contributed by atoms with E-state index in [2.05, 4.69) is 24.5 Å². The van der Waals surface area contributed by atoms with Crippen LogP contribution in [0.25, 0.3) is 0 Å². The molecule has 0 aromatic heterocycles. The van der Waals surface area contributed by atoms with E-state index in [0.717, 1.165) is 28.8 Å². The molecule has 0 spiro atoms. The number of carbonyl (C=O) groups is 2. The monoisotopic (exact) mass is 474 g/mol. The van der Waals surface area contributed by atoms with Gasteiger partial charge in [0.25, 0.3) is 0 Å². The van der Waals surface area contributed by atoms with E-state index in [1.165, 1.54) is 14.2 Å². The number of anilines is 1. The van der Waals surface area contributed by atoms with Crippen molar-refractivity contribution in [2.24, 2.45) is 0 Å². The van der Waals surface area contributed by atoms with Gasteiger partial charge in [-0.15, -0.1) is 0 Å². The summed E-state index contributed by atoms with van der Waals surface area (Å²) < 4.78 is 9.74. The number of aliphatic hydroxyl groups is 1. The lowest BCUT2D eigenvalue weighted by Crippen LogP contribution is -2.53. The molecule has 1 heterocycles. The first-order valence-corrected chi connectivity index (χ1v) is 11.3. The van der Waals surface area contributed by atoms with Gasteiger partial charge < -0.3 is 25.2 Å². The molecule has 0 bridgehead atoms. The molecule has 1 aliphatic heterocycles. The fourth-order valence-electron chi connectivity index (χ4n) is 4.32. The fraction of sp³-hybridized carbons (Fsp3) is 0.440. The van der Waals surface area contributed by atoms with Gasteiger partial charge in [0, 0.05) is 29.7 Å². The molecular weight excluding hydrogens is 444 g/mol. The second-order valence-corrected chi connectivity index (χ2v) is 9.06. The van der Waals surface area contributed by atoms with Crippen LogP contribution >= 0.6 is 11.6 Å². The zero-order valence-electron chi connectivity index (χ0n) is 19.4. The quantitative estimate of drug-likeness (QED) is 0.377. The van der Waals surface area contributed by atoms with E-state index < -0.39 is 23.6 Å². The van der Waals surface area contributed by atoms with E-state index in [9.17, 15) is 14.7 Å². The van der Waals surface area contributed by atoms with Crippen molar-refractivity contribution in [3.05, 3.63) is 64.2 Å². The highest BCUT2D eigenvalue weighted by molar-refractivity contribution is 6.30. The fourth-order valence-corrected chi connectivity index (χ4v) is 4.52. The maximum Gasteiger partial charge on any atom is 0.343 e. The summed E-state index contributed by atoms with van der Waals surface area (Å²) in [5, 5.41) is 17.4. The molecule has 0 saturated carbocycles. The van der Waals surface area contributed by atoms with E-state index in [1.54, 1.807) is 12.1 Å². The molecule has 7 nitrogen and oxygen atoms in total. The second-order valence-electron chi connectivity index (χ2n) is 8.62. The van der Waals surface area contributed by atoms with Gasteiger partial charge in [-0.05, 0) is 54.2 Å². The minimum atomic E-state index is -1.56. The number of esters is 2. The van der Waals surface area contributed by atoms with Crippen molar-refractivity contribution in [3.63, 3.8) is 0 Å². The predicted octanol–water partition coefficient (Wildman–Crippen LogP) is 3.60. The highest BCUT2D eigenvalue weighted by atomic mass is 35.5. The van der Waals surface area contributed by atoms with E-state index in [-0.39, 0.29) is 18.4 Å². The summed E-state index contributed by atoms with van der Waals surface area (Å²) in [5.41, 5.74) is 1.91. The van der Waals surface area contributed by atoms with Crippen molar-refractivity contribution in [2.45, 2.75) is 50.3 Å². The van der Waals surface area contributed by atoms with Crippen LogP contribution in [0.5, 0.6) is 0 Å². The van der Waals surface area contributed by atoms with Gasteiger partial charge in [-0.2, -0.15) is 0 Å². The van der Waals surface area contributed by atoms with Crippen molar-refractivity contribution in [2.75, 3.05) is 26.1 Å². The van der Waals surface area contributed by atoms with Gasteiger partial charge in [-0.3, -0.25) is 0 Å². The number of methoxy groups -OCH3 is 2. The summed E-state index contributed by atoms with van der Waals surface area (Å²) in [7, 11) is 2.51. The van der Waals surface area contributed by atoms with Crippen LogP contribution in [-0.4, -0.2) is 49.4 Å². The number of rotatable bonds is 9. The molecule has 0 saturated heterocycles. The normalized spacial score (nSPS) is 16.8. The van der Waals surface area contributed by atoms with E-state index in [1.807, 2.05) is 30.3 Å². The molecule has 0 radical (unpaired) electrons. The Kier molecular flexibility index (Phi) is 8.00. The third kappa shape index (κ3) is 5.49. The highest BCUT2D eigenvalue weighted by Crippen LogP contribution is 2.36. The molecule has 0 fully saturated rings. The zero-order valence-corrected chi connectivity index (χ0v) is 20.1. The summed E-state index contributed by atoms with van der Waals surface area (Å²) in [6, 6.07) is 13.3. The average molecular weight is 475 g/mol. The topological polar surface area (TPSA) is 96.9 Å². The Labute approximate surface area is 199 Å². The number of ether oxygens (including phenoxy) is 2. The molecule has 1 aliphatic rings. The number of hydrogen-bond donors (Lipinski definition) is 3. The predicted molar refractivity (Wildman–Crippen MR) is 127 cm³/mol. The maximum absolute atomic E-state index is 12.4. The molecule has 2 unspecified atom stereocenters. The molecule has 0 amide bonds. The lowest BCUT2D eigenvalue weighted by Gasteiger charge is -2.23. The maximum atomic E-state index is 12.4. The molecule has 0 aliphatic carbocycles. The molecule has 3 rings (SSSR count). The molecule has 3 N–H and O–H groups in total. The summed E-state index contributed by atoms with van der Waals surface area (Å²) in [4.78, 5) is 24.8. The van der Waals surface area contributed by atoms with Gasteiger partial charge in [-0.25, -0.2) is 9.59 Å². The van der Waals surface area contributed by atoms with Gasteiger partial charge in [0.15, 0.2) is 0 Å². The number of halogens is 1. The Morgan fingerprint density at radius 2 is 1.82 bits per heavy atom.